The van der Waals surface area contributed by atoms with E-state index in [1.807, 2.05) is 30.5 Å². The van der Waals surface area contributed by atoms with Crippen LogP contribution in [0, 0.1) is 0 Å². The van der Waals surface area contributed by atoms with Gasteiger partial charge < -0.3 is 10.2 Å². The molecule has 0 saturated carbocycles. The van der Waals surface area contributed by atoms with E-state index in [-0.39, 0.29) is 24.4 Å². The number of likely N-dealkylation sites (N-methyl/N-ethyl adjacent to an activating group) is 1. The second-order valence-electron chi connectivity index (χ2n) is 4.90. The molecule has 22 heavy (non-hydrogen) atoms. The summed E-state index contributed by atoms with van der Waals surface area (Å²) in [5.41, 5.74) is 0.952. The van der Waals surface area contributed by atoms with Gasteiger partial charge in [0.15, 0.2) is 0 Å². The molecule has 1 atom stereocenters. The van der Waals surface area contributed by atoms with E-state index >= 15 is 0 Å². The highest BCUT2D eigenvalue weighted by atomic mass is 35.5. The van der Waals surface area contributed by atoms with Crippen LogP contribution in [0.2, 0.25) is 5.02 Å². The molecule has 0 unspecified atom stereocenters. The fourth-order valence-electron chi connectivity index (χ4n) is 1.98. The first kappa shape index (κ1) is 16.5. The Morgan fingerprint density at radius 3 is 2.73 bits per heavy atom. The lowest BCUT2D eigenvalue weighted by Crippen LogP contribution is -2.39. The van der Waals surface area contributed by atoms with Crippen molar-refractivity contribution in [1.82, 2.24) is 10.2 Å². The summed E-state index contributed by atoms with van der Waals surface area (Å²) >= 11 is 7.32. The van der Waals surface area contributed by atoms with Gasteiger partial charge >= 0.3 is 0 Å². The van der Waals surface area contributed by atoms with E-state index < -0.39 is 0 Å². The second-order valence-corrected chi connectivity index (χ2v) is 6.28. The molecular formula is C16H17ClN2O2S. The number of nitrogens with zero attached hydrogens (tertiary/aromatic N) is 1. The standard InChI is InChI=1S/C16H17ClN2O2S/c1-11(12-5-3-6-13(17)9-12)19(2)15(20)10-18-16(21)14-7-4-8-22-14/h3-9,11H,10H2,1-2H3,(H,18,21)/t11-/m0/s1. The van der Waals surface area contributed by atoms with Crippen LogP contribution in [0.4, 0.5) is 0 Å². The predicted octanol–water partition coefficient (Wildman–Crippen LogP) is 3.35. The molecule has 0 aliphatic carbocycles. The first-order chi connectivity index (χ1) is 10.5. The van der Waals surface area contributed by atoms with Crippen LogP contribution < -0.4 is 5.32 Å². The largest absolute Gasteiger partial charge is 0.342 e. The number of nitrogens with one attached hydrogen (secondary N) is 1. The Kier molecular flexibility index (Phi) is 5.57. The number of rotatable bonds is 5. The van der Waals surface area contributed by atoms with Gasteiger partial charge in [-0.05, 0) is 36.1 Å². The third-order valence-corrected chi connectivity index (χ3v) is 4.55. The third kappa shape index (κ3) is 4.08. The summed E-state index contributed by atoms with van der Waals surface area (Å²) in [5.74, 6) is -0.385. The molecule has 1 aromatic heterocycles. The lowest BCUT2D eigenvalue weighted by Gasteiger charge is -2.25. The molecule has 4 nitrogen and oxygen atoms in total. The SMILES string of the molecule is C[C@@H](c1cccc(Cl)c1)N(C)C(=O)CNC(=O)c1cccs1. The maximum Gasteiger partial charge on any atom is 0.261 e. The molecule has 116 valence electrons. The summed E-state index contributed by atoms with van der Waals surface area (Å²) in [6, 6.07) is 10.8. The van der Waals surface area contributed by atoms with E-state index in [1.54, 1.807) is 30.1 Å². The molecule has 0 spiro atoms. The highest BCUT2D eigenvalue weighted by Crippen LogP contribution is 2.21. The highest BCUT2D eigenvalue weighted by Gasteiger charge is 2.18. The Morgan fingerprint density at radius 2 is 2.09 bits per heavy atom. The Balaban J connectivity index is 1.93. The van der Waals surface area contributed by atoms with Crippen molar-refractivity contribution in [3.05, 3.63) is 57.2 Å². The zero-order chi connectivity index (χ0) is 16.1. The van der Waals surface area contributed by atoms with Crippen molar-refractivity contribution in [2.24, 2.45) is 0 Å². The third-order valence-electron chi connectivity index (χ3n) is 3.45. The van der Waals surface area contributed by atoms with Crippen molar-refractivity contribution >= 4 is 34.8 Å². The topological polar surface area (TPSA) is 49.4 Å². The van der Waals surface area contributed by atoms with Gasteiger partial charge in [-0.15, -0.1) is 11.3 Å². The van der Waals surface area contributed by atoms with Gasteiger partial charge in [0.25, 0.3) is 5.91 Å². The fraction of sp³-hybridized carbons (Fsp3) is 0.250. The first-order valence-corrected chi connectivity index (χ1v) is 8.07. The van der Waals surface area contributed by atoms with Crippen molar-refractivity contribution in [2.45, 2.75) is 13.0 Å². The van der Waals surface area contributed by atoms with Gasteiger partial charge in [-0.2, -0.15) is 0 Å². The molecular weight excluding hydrogens is 320 g/mol. The zero-order valence-corrected chi connectivity index (χ0v) is 13.9. The number of hydrogen-bond acceptors (Lipinski definition) is 3. The van der Waals surface area contributed by atoms with Gasteiger partial charge in [-0.3, -0.25) is 9.59 Å². The second kappa shape index (κ2) is 7.42. The first-order valence-electron chi connectivity index (χ1n) is 6.82. The molecule has 6 heteroatoms. The molecule has 0 aliphatic rings. The molecule has 0 saturated heterocycles. The number of carbonyl (C=O) groups is 2. The predicted molar refractivity (Wildman–Crippen MR) is 89.3 cm³/mol. The average molecular weight is 337 g/mol. The fourth-order valence-corrected chi connectivity index (χ4v) is 2.82. The molecule has 0 radical (unpaired) electrons. The summed E-state index contributed by atoms with van der Waals surface area (Å²) in [5, 5.41) is 5.10. The summed E-state index contributed by atoms with van der Waals surface area (Å²) in [4.78, 5) is 26.2. The van der Waals surface area contributed by atoms with Gasteiger partial charge in [0, 0.05) is 12.1 Å². The zero-order valence-electron chi connectivity index (χ0n) is 12.4. The maximum absolute atomic E-state index is 12.2. The van der Waals surface area contributed by atoms with Gasteiger partial charge in [0.2, 0.25) is 5.91 Å². The van der Waals surface area contributed by atoms with Crippen LogP contribution in [0.25, 0.3) is 0 Å². The number of benzene rings is 1. The molecule has 1 heterocycles. The minimum absolute atomic E-state index is 0.0296. The van der Waals surface area contributed by atoms with E-state index in [0.717, 1.165) is 5.56 Å². The summed E-state index contributed by atoms with van der Waals surface area (Å²) < 4.78 is 0. The van der Waals surface area contributed by atoms with E-state index in [0.29, 0.717) is 9.90 Å². The van der Waals surface area contributed by atoms with E-state index in [1.165, 1.54) is 11.3 Å². The molecule has 2 rings (SSSR count). The quantitative estimate of drug-likeness (QED) is 0.910. The average Bonchev–Trinajstić information content (AvgIpc) is 3.05. The van der Waals surface area contributed by atoms with Crippen molar-refractivity contribution in [2.75, 3.05) is 13.6 Å². The minimum atomic E-state index is -0.229. The van der Waals surface area contributed by atoms with Crippen molar-refractivity contribution < 1.29 is 9.59 Å². The van der Waals surface area contributed by atoms with Crippen LogP contribution in [0.3, 0.4) is 0 Å². The van der Waals surface area contributed by atoms with Crippen LogP contribution in [0.1, 0.15) is 28.2 Å². The number of halogens is 1. The van der Waals surface area contributed by atoms with Crippen LogP contribution >= 0.6 is 22.9 Å². The van der Waals surface area contributed by atoms with Gasteiger partial charge in [-0.25, -0.2) is 0 Å². The van der Waals surface area contributed by atoms with Crippen molar-refractivity contribution in [3.63, 3.8) is 0 Å². The lowest BCUT2D eigenvalue weighted by molar-refractivity contribution is -0.130. The minimum Gasteiger partial charge on any atom is -0.342 e. The van der Waals surface area contributed by atoms with Crippen molar-refractivity contribution in [1.29, 1.82) is 0 Å². The normalized spacial score (nSPS) is 11.8. The van der Waals surface area contributed by atoms with E-state index in [9.17, 15) is 9.59 Å². The lowest BCUT2D eigenvalue weighted by atomic mass is 10.1. The molecule has 1 aromatic carbocycles. The smallest absolute Gasteiger partial charge is 0.261 e. The van der Waals surface area contributed by atoms with Crippen LogP contribution in [0.5, 0.6) is 0 Å². The number of hydrogen-bond donors (Lipinski definition) is 1. The van der Waals surface area contributed by atoms with Crippen LogP contribution in [0.15, 0.2) is 41.8 Å². The van der Waals surface area contributed by atoms with Crippen LogP contribution in [-0.4, -0.2) is 30.3 Å². The summed E-state index contributed by atoms with van der Waals surface area (Å²) in [6.07, 6.45) is 0. The Hall–Kier alpha value is -1.85. The molecule has 2 amide bonds. The molecule has 1 N–H and O–H groups in total. The number of amides is 2. The van der Waals surface area contributed by atoms with Crippen molar-refractivity contribution in [3.8, 4) is 0 Å². The molecule has 0 fully saturated rings. The summed E-state index contributed by atoms with van der Waals surface area (Å²) in [7, 11) is 1.71. The van der Waals surface area contributed by atoms with E-state index in [4.69, 9.17) is 11.6 Å². The van der Waals surface area contributed by atoms with E-state index in [2.05, 4.69) is 5.32 Å². The Bertz CT molecular complexity index is 658. The van der Waals surface area contributed by atoms with Gasteiger partial charge in [0.05, 0.1) is 17.5 Å². The van der Waals surface area contributed by atoms with Gasteiger partial charge in [0.1, 0.15) is 0 Å². The molecule has 2 aromatic rings. The highest BCUT2D eigenvalue weighted by molar-refractivity contribution is 7.12. The Labute approximate surface area is 138 Å². The number of carbonyl (C=O) groups excluding carboxylic acids is 2. The summed E-state index contributed by atoms with van der Waals surface area (Å²) in [6.45, 7) is 1.89. The monoisotopic (exact) mass is 336 g/mol. The van der Waals surface area contributed by atoms with Gasteiger partial charge in [-0.1, -0.05) is 29.8 Å². The maximum atomic E-state index is 12.2. The van der Waals surface area contributed by atoms with Crippen LogP contribution in [-0.2, 0) is 4.79 Å². The Morgan fingerprint density at radius 1 is 1.32 bits per heavy atom. The molecule has 0 aliphatic heterocycles. The molecule has 0 bridgehead atoms. The number of thiophene rings is 1.